The van der Waals surface area contributed by atoms with Gasteiger partial charge in [0, 0.05) is 0 Å². The first-order valence-electron chi connectivity index (χ1n) is 4.28. The number of rotatable bonds is 0. The number of halogens is 3. The molecule has 17 heavy (non-hydrogen) atoms. The Kier molecular flexibility index (Phi) is 2.31. The van der Waals surface area contributed by atoms with Crippen molar-refractivity contribution in [1.82, 2.24) is 15.0 Å². The first-order chi connectivity index (χ1) is 7.93. The van der Waals surface area contributed by atoms with Gasteiger partial charge in [-0.15, -0.1) is 5.10 Å². The van der Waals surface area contributed by atoms with Crippen molar-refractivity contribution >= 4 is 22.6 Å². The van der Waals surface area contributed by atoms with E-state index in [4.69, 9.17) is 6.57 Å². The fourth-order valence-electron chi connectivity index (χ4n) is 1.25. The Labute approximate surface area is 92.3 Å². The first kappa shape index (κ1) is 11.1. The zero-order valence-corrected chi connectivity index (χ0v) is 8.06. The molecule has 2 rings (SSSR count). The van der Waals surface area contributed by atoms with Crippen LogP contribution in [0, 0.1) is 6.57 Å². The molecule has 0 N–H and O–H groups in total. The van der Waals surface area contributed by atoms with Crippen LogP contribution in [0.1, 0.15) is 4.79 Å². The summed E-state index contributed by atoms with van der Waals surface area (Å²) in [4.78, 5) is 14.1. The summed E-state index contributed by atoms with van der Waals surface area (Å²) >= 11 is 0. The highest BCUT2D eigenvalue weighted by molar-refractivity contribution is 5.93. The second-order valence-corrected chi connectivity index (χ2v) is 3.09. The number of nitrogens with zero attached hydrogens (tertiary/aromatic N) is 4. The minimum Gasteiger partial charge on any atom is -0.262 e. The van der Waals surface area contributed by atoms with Gasteiger partial charge in [0.2, 0.25) is 0 Å². The Morgan fingerprint density at radius 3 is 2.71 bits per heavy atom. The van der Waals surface area contributed by atoms with Gasteiger partial charge in [0.25, 0.3) is 0 Å². The molecule has 0 atom stereocenters. The zero-order valence-electron chi connectivity index (χ0n) is 8.06. The lowest BCUT2D eigenvalue weighted by atomic mass is 10.3. The fourth-order valence-corrected chi connectivity index (χ4v) is 1.25. The largest absolute Gasteiger partial charge is 0.473 e. The summed E-state index contributed by atoms with van der Waals surface area (Å²) in [5.74, 6) is -2.14. The quantitative estimate of drug-likeness (QED) is 0.663. The summed E-state index contributed by atoms with van der Waals surface area (Å²) in [6.07, 6.45) is -5.03. The number of benzene rings is 1. The molecular weight excluding hydrogens is 237 g/mol. The van der Waals surface area contributed by atoms with Crippen molar-refractivity contribution in [3.8, 4) is 0 Å². The predicted octanol–water partition coefficient (Wildman–Crippen LogP) is 2.18. The number of aromatic nitrogens is 3. The minimum absolute atomic E-state index is 0.107. The molecule has 0 spiro atoms. The van der Waals surface area contributed by atoms with Crippen LogP contribution in [0.25, 0.3) is 15.9 Å². The highest BCUT2D eigenvalue weighted by atomic mass is 19.4. The van der Waals surface area contributed by atoms with E-state index in [1.807, 2.05) is 0 Å². The SMILES string of the molecule is [C-]#[N+]c1ccc2nnn(C(=O)C(F)(F)F)c2c1. The molecule has 2 aromatic rings. The molecule has 0 unspecified atom stereocenters. The van der Waals surface area contributed by atoms with E-state index < -0.39 is 12.1 Å². The second-order valence-electron chi connectivity index (χ2n) is 3.09. The molecule has 0 saturated heterocycles. The van der Waals surface area contributed by atoms with E-state index in [1.54, 1.807) is 0 Å². The maximum Gasteiger partial charge on any atom is 0.473 e. The molecule has 5 nitrogen and oxygen atoms in total. The summed E-state index contributed by atoms with van der Waals surface area (Å²) in [7, 11) is 0. The number of hydrogen-bond donors (Lipinski definition) is 0. The summed E-state index contributed by atoms with van der Waals surface area (Å²) in [5, 5.41) is 6.55. The Morgan fingerprint density at radius 1 is 1.41 bits per heavy atom. The van der Waals surface area contributed by atoms with Crippen LogP contribution in [0.15, 0.2) is 18.2 Å². The molecule has 0 fully saturated rings. The maximum atomic E-state index is 12.2. The lowest BCUT2D eigenvalue weighted by molar-refractivity contribution is -0.0953. The van der Waals surface area contributed by atoms with Crippen LogP contribution in [0.3, 0.4) is 0 Å². The smallest absolute Gasteiger partial charge is 0.262 e. The van der Waals surface area contributed by atoms with Crippen molar-refractivity contribution in [1.29, 1.82) is 0 Å². The van der Waals surface area contributed by atoms with Gasteiger partial charge >= 0.3 is 12.1 Å². The lowest BCUT2D eigenvalue weighted by Crippen LogP contribution is -2.29. The zero-order chi connectivity index (χ0) is 12.6. The van der Waals surface area contributed by atoms with Crippen LogP contribution in [0.5, 0.6) is 0 Å². The standard InChI is InChI=1S/C9H3F3N4O/c1-13-5-2-3-6-7(4-5)16(15-14-6)8(17)9(10,11)12/h2-4H. The number of carbonyl (C=O) groups excluding carboxylic acids is 1. The van der Waals surface area contributed by atoms with E-state index in [2.05, 4.69) is 15.2 Å². The third-order valence-corrected chi connectivity index (χ3v) is 1.99. The molecule has 1 aromatic carbocycles. The third-order valence-electron chi connectivity index (χ3n) is 1.99. The van der Waals surface area contributed by atoms with Gasteiger partial charge in [-0.2, -0.15) is 17.9 Å². The topological polar surface area (TPSA) is 52.1 Å². The Bertz CT molecular complexity index is 638. The van der Waals surface area contributed by atoms with Gasteiger partial charge in [0.15, 0.2) is 5.69 Å². The second kappa shape index (κ2) is 3.55. The van der Waals surface area contributed by atoms with Crippen molar-refractivity contribution < 1.29 is 18.0 Å². The Morgan fingerprint density at radius 2 is 2.12 bits per heavy atom. The molecule has 8 heteroatoms. The van der Waals surface area contributed by atoms with Gasteiger partial charge in [-0.3, -0.25) is 4.79 Å². The summed E-state index contributed by atoms with van der Waals surface area (Å²) in [6, 6.07) is 3.84. The molecule has 0 saturated carbocycles. The molecule has 0 aliphatic heterocycles. The number of fused-ring (bicyclic) bond motifs is 1. The van der Waals surface area contributed by atoms with Crippen LogP contribution >= 0.6 is 0 Å². The Hall–Kier alpha value is -2.43. The molecule has 86 valence electrons. The molecule has 0 bridgehead atoms. The van der Waals surface area contributed by atoms with E-state index in [0.717, 1.165) is 6.07 Å². The highest BCUT2D eigenvalue weighted by Gasteiger charge is 2.41. The van der Waals surface area contributed by atoms with Crippen molar-refractivity contribution in [2.24, 2.45) is 0 Å². The van der Waals surface area contributed by atoms with Crippen LogP contribution in [0.4, 0.5) is 18.9 Å². The average Bonchev–Trinajstić information content (AvgIpc) is 2.69. The van der Waals surface area contributed by atoms with Gasteiger partial charge in [0.05, 0.1) is 12.1 Å². The van der Waals surface area contributed by atoms with E-state index in [1.165, 1.54) is 12.1 Å². The van der Waals surface area contributed by atoms with Gasteiger partial charge in [-0.05, 0) is 12.1 Å². The summed E-state index contributed by atoms with van der Waals surface area (Å²) in [6.45, 7) is 6.74. The van der Waals surface area contributed by atoms with Gasteiger partial charge < -0.3 is 0 Å². The van der Waals surface area contributed by atoms with Crippen LogP contribution < -0.4 is 0 Å². The number of alkyl halides is 3. The van der Waals surface area contributed by atoms with Crippen molar-refractivity contribution in [3.05, 3.63) is 29.6 Å². The maximum absolute atomic E-state index is 12.2. The number of carbonyl (C=O) groups is 1. The third kappa shape index (κ3) is 1.82. The van der Waals surface area contributed by atoms with E-state index in [9.17, 15) is 18.0 Å². The predicted molar refractivity (Wildman–Crippen MR) is 50.5 cm³/mol. The summed E-state index contributed by atoms with van der Waals surface area (Å²) in [5.41, 5.74) is 0.0897. The van der Waals surface area contributed by atoms with Crippen molar-refractivity contribution in [2.45, 2.75) is 6.18 Å². The van der Waals surface area contributed by atoms with Crippen LogP contribution in [-0.2, 0) is 0 Å². The van der Waals surface area contributed by atoms with Crippen molar-refractivity contribution in [2.75, 3.05) is 0 Å². The van der Waals surface area contributed by atoms with Gasteiger partial charge in [0.1, 0.15) is 5.52 Å². The van der Waals surface area contributed by atoms with Crippen LogP contribution in [0.2, 0.25) is 0 Å². The normalized spacial score (nSPS) is 11.4. The average molecular weight is 240 g/mol. The fraction of sp³-hybridized carbons (Fsp3) is 0.111. The van der Waals surface area contributed by atoms with E-state index in [-0.39, 0.29) is 21.4 Å². The van der Waals surface area contributed by atoms with E-state index in [0.29, 0.717) is 0 Å². The van der Waals surface area contributed by atoms with E-state index >= 15 is 0 Å². The monoisotopic (exact) mass is 240 g/mol. The van der Waals surface area contributed by atoms with Crippen molar-refractivity contribution in [3.63, 3.8) is 0 Å². The Balaban J connectivity index is 2.64. The van der Waals surface area contributed by atoms with Gasteiger partial charge in [-0.1, -0.05) is 11.3 Å². The highest BCUT2D eigenvalue weighted by Crippen LogP contribution is 2.23. The summed E-state index contributed by atoms with van der Waals surface area (Å²) < 4.78 is 36.8. The molecule has 0 aliphatic rings. The molecule has 0 aliphatic carbocycles. The molecule has 0 radical (unpaired) electrons. The van der Waals surface area contributed by atoms with Crippen LogP contribution in [-0.4, -0.2) is 27.1 Å². The number of hydrogen-bond acceptors (Lipinski definition) is 3. The lowest BCUT2D eigenvalue weighted by Gasteiger charge is -2.04. The molecular formula is C9H3F3N4O. The minimum atomic E-state index is -5.03. The first-order valence-corrected chi connectivity index (χ1v) is 4.28. The molecule has 1 heterocycles. The molecule has 1 aromatic heterocycles. The molecule has 0 amide bonds. The van der Waals surface area contributed by atoms with Gasteiger partial charge in [-0.25, -0.2) is 4.85 Å².